The Hall–Kier alpha value is -3.02. The number of anilines is 1. The topological polar surface area (TPSA) is 59.1 Å². The highest BCUT2D eigenvalue weighted by Crippen LogP contribution is 2.17. The molecule has 0 saturated carbocycles. The van der Waals surface area contributed by atoms with Crippen molar-refractivity contribution in [1.82, 2.24) is 4.90 Å². The number of benzene rings is 2. The van der Waals surface area contributed by atoms with Crippen LogP contribution in [0.25, 0.3) is 0 Å². The lowest BCUT2D eigenvalue weighted by Crippen LogP contribution is -2.50. The van der Waals surface area contributed by atoms with Crippen molar-refractivity contribution in [3.63, 3.8) is 0 Å². The second-order valence-electron chi connectivity index (χ2n) is 6.98. The molecular weight excluding hydrogens is 356 g/mol. The first-order chi connectivity index (χ1) is 13.5. The molecule has 1 heterocycles. The van der Waals surface area contributed by atoms with E-state index in [1.54, 1.807) is 4.90 Å². The van der Waals surface area contributed by atoms with Crippen molar-refractivity contribution < 1.29 is 19.1 Å². The number of nitrogens with zero attached hydrogens (tertiary/aromatic N) is 2. The van der Waals surface area contributed by atoms with Crippen molar-refractivity contribution in [1.29, 1.82) is 0 Å². The fourth-order valence-electron chi connectivity index (χ4n) is 3.29. The van der Waals surface area contributed by atoms with Crippen LogP contribution >= 0.6 is 0 Å². The van der Waals surface area contributed by atoms with Gasteiger partial charge in [0.15, 0.2) is 13.2 Å². The van der Waals surface area contributed by atoms with Gasteiger partial charge in [-0.25, -0.2) is 4.79 Å². The van der Waals surface area contributed by atoms with Gasteiger partial charge in [-0.3, -0.25) is 4.79 Å². The van der Waals surface area contributed by atoms with Crippen LogP contribution in [0, 0.1) is 13.8 Å². The highest BCUT2D eigenvalue weighted by atomic mass is 16.6. The maximum atomic E-state index is 12.3. The van der Waals surface area contributed by atoms with E-state index in [1.807, 2.05) is 50.2 Å². The molecule has 0 atom stereocenters. The minimum Gasteiger partial charge on any atom is -0.482 e. The number of hydrogen-bond acceptors (Lipinski definition) is 5. The predicted molar refractivity (Wildman–Crippen MR) is 108 cm³/mol. The van der Waals surface area contributed by atoms with Gasteiger partial charge in [-0.1, -0.05) is 24.3 Å². The number of ether oxygens (including phenoxy) is 2. The Kier molecular flexibility index (Phi) is 6.53. The molecular formula is C22H26N2O4. The number of amides is 1. The van der Waals surface area contributed by atoms with Crippen LogP contribution in [-0.2, 0) is 14.3 Å². The molecule has 1 aliphatic rings. The van der Waals surface area contributed by atoms with E-state index < -0.39 is 5.97 Å². The minimum absolute atomic E-state index is 0.174. The van der Waals surface area contributed by atoms with E-state index in [2.05, 4.69) is 17.0 Å². The predicted octanol–water partition coefficient (Wildman–Crippen LogP) is 2.57. The van der Waals surface area contributed by atoms with Crippen molar-refractivity contribution in [2.75, 3.05) is 44.3 Å². The van der Waals surface area contributed by atoms with Gasteiger partial charge >= 0.3 is 5.97 Å². The molecule has 28 heavy (non-hydrogen) atoms. The highest BCUT2D eigenvalue weighted by Gasteiger charge is 2.22. The van der Waals surface area contributed by atoms with Gasteiger partial charge in [0.1, 0.15) is 5.75 Å². The normalized spacial score (nSPS) is 13.9. The Morgan fingerprint density at radius 2 is 1.54 bits per heavy atom. The zero-order chi connectivity index (χ0) is 19.9. The van der Waals surface area contributed by atoms with Crippen LogP contribution in [-0.4, -0.2) is 56.2 Å². The molecule has 0 bridgehead atoms. The van der Waals surface area contributed by atoms with Gasteiger partial charge in [0.25, 0.3) is 5.91 Å². The van der Waals surface area contributed by atoms with Crippen LogP contribution in [0.3, 0.4) is 0 Å². The summed E-state index contributed by atoms with van der Waals surface area (Å²) in [5, 5.41) is 0. The van der Waals surface area contributed by atoms with E-state index in [4.69, 9.17) is 9.47 Å². The van der Waals surface area contributed by atoms with E-state index in [-0.39, 0.29) is 19.1 Å². The van der Waals surface area contributed by atoms with Crippen molar-refractivity contribution in [2.45, 2.75) is 13.8 Å². The van der Waals surface area contributed by atoms with E-state index in [9.17, 15) is 9.59 Å². The minimum atomic E-state index is -0.546. The number of rotatable bonds is 6. The van der Waals surface area contributed by atoms with E-state index >= 15 is 0 Å². The van der Waals surface area contributed by atoms with E-state index in [1.165, 1.54) is 0 Å². The quantitative estimate of drug-likeness (QED) is 0.719. The number of carbonyl (C=O) groups excluding carboxylic acids is 2. The highest BCUT2D eigenvalue weighted by molar-refractivity contribution is 5.81. The number of para-hydroxylation sites is 1. The molecule has 0 aliphatic carbocycles. The summed E-state index contributed by atoms with van der Waals surface area (Å²) in [5.74, 6) is -0.0966. The van der Waals surface area contributed by atoms with Crippen LogP contribution < -0.4 is 9.64 Å². The van der Waals surface area contributed by atoms with E-state index in [0.717, 1.165) is 29.9 Å². The fraction of sp³-hybridized carbons (Fsp3) is 0.364. The smallest absolute Gasteiger partial charge is 0.344 e. The second-order valence-corrected chi connectivity index (χ2v) is 6.98. The van der Waals surface area contributed by atoms with Gasteiger partial charge in [0.05, 0.1) is 0 Å². The van der Waals surface area contributed by atoms with Gasteiger partial charge in [0, 0.05) is 31.9 Å². The summed E-state index contributed by atoms with van der Waals surface area (Å²) in [6, 6.07) is 15.9. The number of carbonyl (C=O) groups is 2. The second kappa shape index (κ2) is 9.26. The van der Waals surface area contributed by atoms with Gasteiger partial charge in [-0.2, -0.15) is 0 Å². The largest absolute Gasteiger partial charge is 0.482 e. The maximum Gasteiger partial charge on any atom is 0.344 e. The van der Waals surface area contributed by atoms with Crippen molar-refractivity contribution in [3.8, 4) is 5.75 Å². The first kappa shape index (κ1) is 19.7. The molecule has 0 radical (unpaired) electrons. The van der Waals surface area contributed by atoms with Crippen molar-refractivity contribution in [2.24, 2.45) is 0 Å². The molecule has 0 aromatic heterocycles. The van der Waals surface area contributed by atoms with Crippen LogP contribution in [0.2, 0.25) is 0 Å². The zero-order valence-corrected chi connectivity index (χ0v) is 16.4. The van der Waals surface area contributed by atoms with E-state index in [0.29, 0.717) is 18.8 Å². The molecule has 2 aromatic carbocycles. The first-order valence-electron chi connectivity index (χ1n) is 9.46. The van der Waals surface area contributed by atoms with Gasteiger partial charge in [-0.05, 0) is 49.2 Å². The van der Waals surface area contributed by atoms with Gasteiger partial charge in [-0.15, -0.1) is 0 Å². The van der Waals surface area contributed by atoms with Crippen molar-refractivity contribution in [3.05, 3.63) is 59.7 Å². The molecule has 6 nitrogen and oxygen atoms in total. The molecule has 0 unspecified atom stereocenters. The summed E-state index contributed by atoms with van der Waals surface area (Å²) in [6.07, 6.45) is 0. The zero-order valence-electron chi connectivity index (χ0n) is 16.4. The Balaban J connectivity index is 1.39. The monoisotopic (exact) mass is 382 g/mol. The van der Waals surface area contributed by atoms with Crippen LogP contribution in [0.4, 0.5) is 5.69 Å². The summed E-state index contributed by atoms with van der Waals surface area (Å²) < 4.78 is 10.5. The Morgan fingerprint density at radius 1 is 0.893 bits per heavy atom. The molecule has 0 N–H and O–H groups in total. The lowest BCUT2D eigenvalue weighted by atomic mass is 10.1. The Labute approximate surface area is 165 Å². The standard InChI is InChI=1S/C22H26N2O4/c1-17-12-18(2)14-20(13-17)27-16-22(26)28-15-21(25)24-10-8-23(9-11-24)19-6-4-3-5-7-19/h3-7,12-14H,8-11,15-16H2,1-2H3. The van der Waals surface area contributed by atoms with Crippen LogP contribution in [0.1, 0.15) is 11.1 Å². The third kappa shape index (κ3) is 5.49. The van der Waals surface area contributed by atoms with Crippen LogP contribution in [0.5, 0.6) is 5.75 Å². The molecule has 2 aromatic rings. The summed E-state index contributed by atoms with van der Waals surface area (Å²) >= 11 is 0. The molecule has 3 rings (SSSR count). The Morgan fingerprint density at radius 3 is 2.18 bits per heavy atom. The lowest BCUT2D eigenvalue weighted by Gasteiger charge is -2.36. The third-order valence-corrected chi connectivity index (χ3v) is 4.66. The third-order valence-electron chi connectivity index (χ3n) is 4.66. The van der Waals surface area contributed by atoms with Crippen LogP contribution in [0.15, 0.2) is 48.5 Å². The Bertz CT molecular complexity index is 794. The molecule has 0 spiro atoms. The number of piperazine rings is 1. The molecule has 1 saturated heterocycles. The van der Waals surface area contributed by atoms with Crippen molar-refractivity contribution >= 4 is 17.6 Å². The molecule has 1 amide bonds. The first-order valence-corrected chi connectivity index (χ1v) is 9.46. The number of aryl methyl sites for hydroxylation is 2. The summed E-state index contributed by atoms with van der Waals surface area (Å²) in [4.78, 5) is 28.2. The molecule has 1 fully saturated rings. The number of esters is 1. The van der Waals surface area contributed by atoms with Gasteiger partial charge in [0.2, 0.25) is 0 Å². The van der Waals surface area contributed by atoms with Gasteiger partial charge < -0.3 is 19.3 Å². The number of hydrogen-bond donors (Lipinski definition) is 0. The molecule has 148 valence electrons. The average Bonchev–Trinajstić information content (AvgIpc) is 2.70. The maximum absolute atomic E-state index is 12.3. The average molecular weight is 382 g/mol. The fourth-order valence-corrected chi connectivity index (χ4v) is 3.29. The SMILES string of the molecule is Cc1cc(C)cc(OCC(=O)OCC(=O)N2CCN(c3ccccc3)CC2)c1. The summed E-state index contributed by atoms with van der Waals surface area (Å²) in [6.45, 7) is 6.23. The summed E-state index contributed by atoms with van der Waals surface area (Å²) in [5.41, 5.74) is 3.28. The summed E-state index contributed by atoms with van der Waals surface area (Å²) in [7, 11) is 0. The molecule has 1 aliphatic heterocycles. The molecule has 6 heteroatoms. The lowest BCUT2D eigenvalue weighted by molar-refractivity contribution is -0.153.